The Kier molecular flexibility index (Phi) is 9.91. The first kappa shape index (κ1) is 26.5. The van der Waals surface area contributed by atoms with E-state index in [0.717, 1.165) is 11.1 Å². The smallest absolute Gasteiger partial charge is 0.243 e. The Balaban J connectivity index is 1.84. The molecule has 0 spiro atoms. The molecule has 0 aliphatic carbocycles. The molecule has 0 saturated carbocycles. The highest BCUT2D eigenvalue weighted by Crippen LogP contribution is 2.20. The molecular formula is C29H33FN2O2S. The largest absolute Gasteiger partial charge is 0.352 e. The number of halogens is 1. The van der Waals surface area contributed by atoms with Crippen LogP contribution in [0.3, 0.4) is 0 Å². The molecule has 0 saturated heterocycles. The number of hydrogen-bond acceptors (Lipinski definition) is 3. The lowest BCUT2D eigenvalue weighted by Crippen LogP contribution is -2.52. The molecule has 1 N–H and O–H groups in total. The van der Waals surface area contributed by atoms with E-state index < -0.39 is 6.04 Å². The topological polar surface area (TPSA) is 49.4 Å². The van der Waals surface area contributed by atoms with Gasteiger partial charge in [-0.3, -0.25) is 9.59 Å². The Hall–Kier alpha value is -3.12. The molecule has 35 heavy (non-hydrogen) atoms. The summed E-state index contributed by atoms with van der Waals surface area (Å²) in [5, 5.41) is 2.98. The summed E-state index contributed by atoms with van der Waals surface area (Å²) in [6, 6.07) is 23.2. The molecule has 0 fully saturated rings. The standard InChI is InChI=1S/C29H33FN2O2S/c1-21(2)31-29(34)27(17-23-10-5-4-6-11-23)32(18-24-13-15-26(30)16-14-24)28(33)20-35-19-25-12-8-7-9-22(25)3/h4-16,21,27H,17-20H2,1-3H3,(H,31,34). The van der Waals surface area contributed by atoms with Crippen molar-refractivity contribution in [3.05, 3.63) is 107 Å². The van der Waals surface area contributed by atoms with Crippen molar-refractivity contribution in [2.24, 2.45) is 0 Å². The number of nitrogens with one attached hydrogen (secondary N) is 1. The minimum Gasteiger partial charge on any atom is -0.352 e. The van der Waals surface area contributed by atoms with Crippen molar-refractivity contribution in [1.29, 1.82) is 0 Å². The van der Waals surface area contributed by atoms with Gasteiger partial charge in [-0.05, 0) is 55.2 Å². The summed E-state index contributed by atoms with van der Waals surface area (Å²) in [4.78, 5) is 28.5. The SMILES string of the molecule is Cc1ccccc1CSCC(=O)N(Cc1ccc(F)cc1)C(Cc1ccccc1)C(=O)NC(C)C. The molecule has 0 aromatic heterocycles. The number of rotatable bonds is 11. The van der Waals surface area contributed by atoms with Gasteiger partial charge in [0.2, 0.25) is 11.8 Å². The normalized spacial score (nSPS) is 11.8. The molecule has 3 aromatic rings. The lowest BCUT2D eigenvalue weighted by molar-refractivity contribution is -0.139. The Morgan fingerprint density at radius 1 is 0.914 bits per heavy atom. The predicted octanol–water partition coefficient (Wildman–Crippen LogP) is 5.53. The number of aryl methyl sites for hydroxylation is 1. The second-order valence-corrected chi connectivity index (χ2v) is 9.92. The van der Waals surface area contributed by atoms with E-state index in [4.69, 9.17) is 0 Å². The first-order chi connectivity index (χ1) is 16.8. The van der Waals surface area contributed by atoms with Gasteiger partial charge in [0.15, 0.2) is 0 Å². The van der Waals surface area contributed by atoms with Gasteiger partial charge in [0.05, 0.1) is 5.75 Å². The van der Waals surface area contributed by atoms with E-state index in [0.29, 0.717) is 12.2 Å². The van der Waals surface area contributed by atoms with E-state index in [-0.39, 0.29) is 36.0 Å². The van der Waals surface area contributed by atoms with Gasteiger partial charge in [-0.25, -0.2) is 4.39 Å². The summed E-state index contributed by atoms with van der Waals surface area (Å²) in [5.74, 6) is 0.315. The molecule has 0 aliphatic rings. The summed E-state index contributed by atoms with van der Waals surface area (Å²) in [6.07, 6.45) is 0.398. The van der Waals surface area contributed by atoms with E-state index in [1.54, 1.807) is 17.0 Å². The van der Waals surface area contributed by atoms with Crippen molar-refractivity contribution in [3.8, 4) is 0 Å². The molecule has 0 bridgehead atoms. The molecule has 0 radical (unpaired) electrons. The maximum Gasteiger partial charge on any atom is 0.243 e. The zero-order chi connectivity index (χ0) is 25.2. The number of carbonyl (C=O) groups excluding carboxylic acids is 2. The van der Waals surface area contributed by atoms with Gasteiger partial charge in [0.1, 0.15) is 11.9 Å². The van der Waals surface area contributed by atoms with E-state index >= 15 is 0 Å². The molecule has 184 valence electrons. The number of benzene rings is 3. The first-order valence-electron chi connectivity index (χ1n) is 11.8. The maximum absolute atomic E-state index is 13.6. The highest BCUT2D eigenvalue weighted by Gasteiger charge is 2.30. The number of thioether (sulfide) groups is 1. The minimum atomic E-state index is -0.684. The van der Waals surface area contributed by atoms with E-state index in [9.17, 15) is 14.0 Å². The highest BCUT2D eigenvalue weighted by atomic mass is 32.2. The second kappa shape index (κ2) is 13.1. The van der Waals surface area contributed by atoms with Gasteiger partial charge in [-0.1, -0.05) is 66.7 Å². The molecule has 3 aromatic carbocycles. The highest BCUT2D eigenvalue weighted by molar-refractivity contribution is 7.99. The molecule has 2 amide bonds. The molecule has 0 heterocycles. The third-order valence-corrected chi connectivity index (χ3v) is 6.68. The average Bonchev–Trinajstić information content (AvgIpc) is 2.84. The van der Waals surface area contributed by atoms with Crippen molar-refractivity contribution in [2.75, 3.05) is 5.75 Å². The molecule has 3 rings (SSSR count). The van der Waals surface area contributed by atoms with Crippen LogP contribution in [0.4, 0.5) is 4.39 Å². The van der Waals surface area contributed by atoms with Crippen molar-refractivity contribution < 1.29 is 14.0 Å². The number of nitrogens with zero attached hydrogens (tertiary/aromatic N) is 1. The zero-order valence-electron chi connectivity index (χ0n) is 20.5. The number of carbonyl (C=O) groups is 2. The molecule has 0 aliphatic heterocycles. The fourth-order valence-corrected chi connectivity index (χ4v) is 4.81. The third-order valence-electron chi connectivity index (χ3n) is 5.71. The monoisotopic (exact) mass is 492 g/mol. The van der Waals surface area contributed by atoms with Crippen molar-refractivity contribution in [3.63, 3.8) is 0 Å². The quantitative estimate of drug-likeness (QED) is 0.383. The van der Waals surface area contributed by atoms with Crippen LogP contribution in [0.2, 0.25) is 0 Å². The second-order valence-electron chi connectivity index (χ2n) is 8.94. The fraction of sp³-hybridized carbons (Fsp3) is 0.310. The van der Waals surface area contributed by atoms with Gasteiger partial charge in [0.25, 0.3) is 0 Å². The third kappa shape index (κ3) is 8.25. The fourth-order valence-electron chi connectivity index (χ4n) is 3.82. The predicted molar refractivity (Wildman–Crippen MR) is 142 cm³/mol. The van der Waals surface area contributed by atoms with Crippen LogP contribution in [-0.4, -0.2) is 34.6 Å². The Morgan fingerprint density at radius 2 is 1.57 bits per heavy atom. The van der Waals surface area contributed by atoms with Crippen LogP contribution in [0, 0.1) is 12.7 Å². The van der Waals surface area contributed by atoms with E-state index in [1.165, 1.54) is 35.0 Å². The Labute approximate surface area is 211 Å². The van der Waals surface area contributed by atoms with Gasteiger partial charge < -0.3 is 10.2 Å². The van der Waals surface area contributed by atoms with Crippen LogP contribution in [0.25, 0.3) is 0 Å². The van der Waals surface area contributed by atoms with Gasteiger partial charge in [-0.15, -0.1) is 11.8 Å². The van der Waals surface area contributed by atoms with Crippen molar-refractivity contribution in [1.82, 2.24) is 10.2 Å². The van der Waals surface area contributed by atoms with Gasteiger partial charge in [0, 0.05) is 24.8 Å². The first-order valence-corrected chi connectivity index (χ1v) is 13.0. The zero-order valence-corrected chi connectivity index (χ0v) is 21.4. The summed E-state index contributed by atoms with van der Waals surface area (Å²) >= 11 is 1.54. The molecule has 1 unspecified atom stereocenters. The lowest BCUT2D eigenvalue weighted by Gasteiger charge is -2.32. The Morgan fingerprint density at radius 3 is 2.23 bits per heavy atom. The molecule has 6 heteroatoms. The van der Waals surface area contributed by atoms with Crippen LogP contribution in [-0.2, 0) is 28.3 Å². The van der Waals surface area contributed by atoms with Gasteiger partial charge in [-0.2, -0.15) is 0 Å². The van der Waals surface area contributed by atoms with Crippen LogP contribution < -0.4 is 5.32 Å². The van der Waals surface area contributed by atoms with Crippen LogP contribution in [0.1, 0.15) is 36.1 Å². The molecule has 4 nitrogen and oxygen atoms in total. The summed E-state index contributed by atoms with van der Waals surface area (Å²) in [7, 11) is 0. The van der Waals surface area contributed by atoms with Crippen LogP contribution >= 0.6 is 11.8 Å². The number of amides is 2. The lowest BCUT2D eigenvalue weighted by atomic mass is 10.0. The van der Waals surface area contributed by atoms with Gasteiger partial charge >= 0.3 is 0 Å². The summed E-state index contributed by atoms with van der Waals surface area (Å²) in [6.45, 7) is 6.10. The summed E-state index contributed by atoms with van der Waals surface area (Å²) < 4.78 is 13.5. The Bertz CT molecular complexity index is 1100. The van der Waals surface area contributed by atoms with E-state index in [1.807, 2.05) is 56.3 Å². The maximum atomic E-state index is 13.6. The summed E-state index contributed by atoms with van der Waals surface area (Å²) in [5.41, 5.74) is 4.13. The van der Waals surface area contributed by atoms with Crippen molar-refractivity contribution in [2.45, 2.75) is 51.6 Å². The number of hydrogen-bond donors (Lipinski definition) is 1. The minimum absolute atomic E-state index is 0.0565. The van der Waals surface area contributed by atoms with E-state index in [2.05, 4.69) is 24.4 Å². The average molecular weight is 493 g/mol. The van der Waals surface area contributed by atoms with Crippen LogP contribution in [0.5, 0.6) is 0 Å². The molecular weight excluding hydrogens is 459 g/mol. The molecule has 1 atom stereocenters. The van der Waals surface area contributed by atoms with Crippen molar-refractivity contribution >= 4 is 23.6 Å². The van der Waals surface area contributed by atoms with Crippen LogP contribution in [0.15, 0.2) is 78.9 Å².